The second kappa shape index (κ2) is 9.41. The van der Waals surface area contributed by atoms with E-state index in [0.29, 0.717) is 0 Å². The summed E-state index contributed by atoms with van der Waals surface area (Å²) >= 11 is 0. The number of ether oxygens (including phenoxy) is 1. The van der Waals surface area contributed by atoms with Gasteiger partial charge in [-0.2, -0.15) is 4.57 Å². The first kappa shape index (κ1) is 22.2. The van der Waals surface area contributed by atoms with Crippen LogP contribution < -0.4 is 9.30 Å². The van der Waals surface area contributed by atoms with E-state index in [0.717, 1.165) is 25.2 Å². The Balaban J connectivity index is 1.35. The molecule has 1 aromatic carbocycles. The van der Waals surface area contributed by atoms with Gasteiger partial charge in [-0.1, -0.05) is 63.3 Å². The van der Waals surface area contributed by atoms with E-state index in [9.17, 15) is 0 Å². The fourth-order valence-electron chi connectivity index (χ4n) is 6.49. The van der Waals surface area contributed by atoms with Gasteiger partial charge in [0.1, 0.15) is 0 Å². The van der Waals surface area contributed by atoms with E-state index in [1.54, 1.807) is 12.5 Å². The van der Waals surface area contributed by atoms with Crippen LogP contribution in [0.2, 0.25) is 0 Å². The summed E-state index contributed by atoms with van der Waals surface area (Å²) in [5.41, 5.74) is 6.29. The minimum Gasteiger partial charge on any atom is -0.487 e. The van der Waals surface area contributed by atoms with Crippen LogP contribution in [0.25, 0.3) is 0 Å². The molecule has 35 heavy (non-hydrogen) atoms. The molecule has 2 bridgehead atoms. The van der Waals surface area contributed by atoms with Crippen molar-refractivity contribution in [1.82, 2.24) is 0 Å². The molecule has 4 aromatic rings. The molecule has 180 valence electrons. The van der Waals surface area contributed by atoms with Crippen LogP contribution >= 0.6 is 0 Å². The molecule has 7 rings (SSSR count). The minimum atomic E-state index is -0.236. The fraction of sp³-hybridized carbons (Fsp3) is 0.387. The SMILES string of the molecule is CCCCCCCCOc1ccc2[n+](c1)C1CC(c3ccoc3)(c3ccoc3)C2c2ccccc21. The molecule has 4 nitrogen and oxygen atoms in total. The van der Waals surface area contributed by atoms with Crippen LogP contribution in [0, 0.1) is 0 Å². The lowest BCUT2D eigenvalue weighted by Gasteiger charge is -2.48. The Morgan fingerprint density at radius 1 is 0.857 bits per heavy atom. The van der Waals surface area contributed by atoms with Crippen molar-refractivity contribution in [2.75, 3.05) is 6.61 Å². The average Bonchev–Trinajstić information content (AvgIpc) is 3.64. The predicted molar refractivity (Wildman–Crippen MR) is 135 cm³/mol. The number of hydrogen-bond donors (Lipinski definition) is 0. The van der Waals surface area contributed by atoms with Crippen LogP contribution in [0.1, 0.15) is 91.8 Å². The number of fused-ring (bicyclic) bond motifs is 1. The smallest absolute Gasteiger partial charge is 0.211 e. The summed E-state index contributed by atoms with van der Waals surface area (Å²) in [7, 11) is 0. The maximum Gasteiger partial charge on any atom is 0.211 e. The molecule has 0 radical (unpaired) electrons. The number of rotatable bonds is 10. The Labute approximate surface area is 207 Å². The molecule has 5 heterocycles. The van der Waals surface area contributed by atoms with Gasteiger partial charge in [0.2, 0.25) is 6.20 Å². The Kier molecular flexibility index (Phi) is 5.97. The molecule has 2 unspecified atom stereocenters. The van der Waals surface area contributed by atoms with Gasteiger partial charge in [-0.25, -0.2) is 0 Å². The molecule has 0 fully saturated rings. The van der Waals surface area contributed by atoms with Gasteiger partial charge < -0.3 is 13.6 Å². The summed E-state index contributed by atoms with van der Waals surface area (Å²) < 4.78 is 19.9. The number of hydrogen-bond acceptors (Lipinski definition) is 3. The molecule has 0 amide bonds. The van der Waals surface area contributed by atoms with Crippen molar-refractivity contribution in [2.24, 2.45) is 0 Å². The summed E-state index contributed by atoms with van der Waals surface area (Å²) in [6.45, 7) is 3.04. The van der Waals surface area contributed by atoms with Gasteiger partial charge in [0.05, 0.1) is 43.0 Å². The summed E-state index contributed by atoms with van der Waals surface area (Å²) in [4.78, 5) is 0. The lowest BCUT2D eigenvalue weighted by Crippen LogP contribution is -2.60. The molecule has 2 aliphatic heterocycles. The van der Waals surface area contributed by atoms with Crippen LogP contribution in [-0.2, 0) is 5.41 Å². The number of unbranched alkanes of at least 4 members (excludes halogenated alkanes) is 5. The van der Waals surface area contributed by atoms with Crippen molar-refractivity contribution in [3.05, 3.63) is 108 Å². The van der Waals surface area contributed by atoms with Gasteiger partial charge in [-0.3, -0.25) is 0 Å². The van der Waals surface area contributed by atoms with E-state index in [-0.39, 0.29) is 17.4 Å². The van der Waals surface area contributed by atoms with Gasteiger partial charge >= 0.3 is 0 Å². The molecule has 1 aliphatic carbocycles. The van der Waals surface area contributed by atoms with Crippen molar-refractivity contribution < 1.29 is 18.1 Å². The number of nitrogens with zero attached hydrogens (tertiary/aromatic N) is 1. The third kappa shape index (κ3) is 3.71. The summed E-state index contributed by atoms with van der Waals surface area (Å²) in [6.07, 6.45) is 18.2. The summed E-state index contributed by atoms with van der Waals surface area (Å²) in [5.74, 6) is 1.12. The summed E-state index contributed by atoms with van der Waals surface area (Å²) in [5, 5.41) is 0. The lowest BCUT2D eigenvalue weighted by molar-refractivity contribution is -0.732. The molecular formula is C31H34NO3+. The third-order valence-corrected chi connectivity index (χ3v) is 8.13. The Morgan fingerprint density at radius 2 is 1.57 bits per heavy atom. The first-order valence-electron chi connectivity index (χ1n) is 13.1. The van der Waals surface area contributed by atoms with Gasteiger partial charge in [0.25, 0.3) is 0 Å². The van der Waals surface area contributed by atoms with Crippen LogP contribution in [0.5, 0.6) is 5.75 Å². The van der Waals surface area contributed by atoms with Crippen molar-refractivity contribution in [2.45, 2.75) is 69.2 Å². The van der Waals surface area contributed by atoms with Gasteiger partial charge in [0.15, 0.2) is 17.5 Å². The lowest BCUT2D eigenvalue weighted by atomic mass is 9.54. The molecule has 0 saturated carbocycles. The Morgan fingerprint density at radius 3 is 2.29 bits per heavy atom. The molecule has 0 saturated heterocycles. The van der Waals surface area contributed by atoms with Crippen molar-refractivity contribution in [3.8, 4) is 5.75 Å². The van der Waals surface area contributed by atoms with E-state index >= 15 is 0 Å². The normalized spacial score (nSPS) is 19.3. The highest BCUT2D eigenvalue weighted by Gasteiger charge is 2.60. The van der Waals surface area contributed by atoms with E-state index < -0.39 is 0 Å². The highest BCUT2D eigenvalue weighted by Crippen LogP contribution is 2.59. The Hall–Kier alpha value is -3.27. The molecule has 2 atom stereocenters. The number of furan rings is 2. The standard InChI is InChI=1S/C31H34NO3/c1-2-3-4-5-6-9-16-35-25-12-13-28-30-27-11-8-7-10-26(27)29(32(28)20-25)19-31(30,23-14-17-33-21-23)24-15-18-34-22-24/h7-8,10-15,17-18,20-22,29-30H,2-6,9,16,19H2,1H3/q+1. The molecule has 0 spiro atoms. The number of aromatic nitrogens is 1. The first-order valence-corrected chi connectivity index (χ1v) is 13.1. The zero-order valence-corrected chi connectivity index (χ0v) is 20.5. The van der Waals surface area contributed by atoms with Crippen LogP contribution in [0.15, 0.2) is 88.6 Å². The zero-order valence-electron chi connectivity index (χ0n) is 20.5. The largest absolute Gasteiger partial charge is 0.487 e. The second-order valence-electron chi connectivity index (χ2n) is 10.1. The van der Waals surface area contributed by atoms with Crippen molar-refractivity contribution >= 4 is 0 Å². The number of benzene rings is 1. The zero-order chi connectivity index (χ0) is 23.7. The average molecular weight is 469 g/mol. The van der Waals surface area contributed by atoms with Crippen LogP contribution in [0.4, 0.5) is 0 Å². The number of pyridine rings is 1. The minimum absolute atomic E-state index is 0.159. The highest BCUT2D eigenvalue weighted by molar-refractivity contribution is 5.54. The maximum atomic E-state index is 6.22. The molecular weight excluding hydrogens is 434 g/mol. The molecule has 3 aliphatic rings. The van der Waals surface area contributed by atoms with Gasteiger partial charge in [-0.05, 0) is 30.2 Å². The summed E-state index contributed by atoms with van der Waals surface area (Å²) in [6, 6.07) is 17.8. The van der Waals surface area contributed by atoms with Crippen LogP contribution in [0.3, 0.4) is 0 Å². The van der Waals surface area contributed by atoms with E-state index in [1.807, 2.05) is 12.5 Å². The molecule has 3 aromatic heterocycles. The quantitative estimate of drug-likeness (QED) is 0.181. The highest BCUT2D eigenvalue weighted by atomic mass is 16.5. The van der Waals surface area contributed by atoms with Crippen LogP contribution in [-0.4, -0.2) is 6.61 Å². The van der Waals surface area contributed by atoms with Crippen molar-refractivity contribution in [3.63, 3.8) is 0 Å². The molecule has 4 heteroatoms. The van der Waals surface area contributed by atoms with Gasteiger partial charge in [-0.15, -0.1) is 0 Å². The van der Waals surface area contributed by atoms with E-state index in [4.69, 9.17) is 13.6 Å². The topological polar surface area (TPSA) is 39.4 Å². The predicted octanol–water partition coefficient (Wildman–Crippen LogP) is 7.32. The monoisotopic (exact) mass is 468 g/mol. The fourth-order valence-corrected chi connectivity index (χ4v) is 6.49. The maximum absolute atomic E-state index is 6.22. The van der Waals surface area contributed by atoms with E-state index in [2.05, 4.69) is 66.2 Å². The second-order valence-corrected chi connectivity index (χ2v) is 10.1. The van der Waals surface area contributed by atoms with E-state index in [1.165, 1.54) is 60.1 Å². The third-order valence-electron chi connectivity index (χ3n) is 8.13. The first-order chi connectivity index (χ1) is 17.3. The van der Waals surface area contributed by atoms with Gasteiger partial charge in [0, 0.05) is 29.2 Å². The Bertz CT molecular complexity index is 1220. The molecule has 0 N–H and O–H groups in total. The van der Waals surface area contributed by atoms with Crippen molar-refractivity contribution in [1.29, 1.82) is 0 Å².